The van der Waals surface area contributed by atoms with Crippen molar-refractivity contribution in [2.24, 2.45) is 5.41 Å². The van der Waals surface area contributed by atoms with Gasteiger partial charge in [0, 0.05) is 16.7 Å². The number of hydrogen-bond acceptors (Lipinski definition) is 4. The summed E-state index contributed by atoms with van der Waals surface area (Å²) in [7, 11) is 0. The summed E-state index contributed by atoms with van der Waals surface area (Å²) in [5.74, 6) is -0.834. The van der Waals surface area contributed by atoms with Crippen molar-refractivity contribution in [1.82, 2.24) is 0 Å². The molecule has 0 aliphatic carbocycles. The Bertz CT molecular complexity index is 876. The van der Waals surface area contributed by atoms with Crippen molar-refractivity contribution in [1.29, 1.82) is 0 Å². The van der Waals surface area contributed by atoms with E-state index in [0.717, 1.165) is 16.7 Å². The monoisotopic (exact) mass is 381 g/mol. The lowest BCUT2D eigenvalue weighted by molar-refractivity contribution is -0.141. The van der Waals surface area contributed by atoms with Crippen LogP contribution in [0.15, 0.2) is 42.5 Å². The van der Waals surface area contributed by atoms with E-state index in [-0.39, 0.29) is 24.7 Å². The topological polar surface area (TPSA) is 72.5 Å². The van der Waals surface area contributed by atoms with E-state index in [1.807, 2.05) is 52.8 Å². The first-order chi connectivity index (χ1) is 13.1. The van der Waals surface area contributed by atoms with Gasteiger partial charge in [0.2, 0.25) is 5.91 Å². The summed E-state index contributed by atoms with van der Waals surface area (Å²) in [6.45, 7) is 9.17. The third-order valence-corrected chi connectivity index (χ3v) is 4.43. The molecular weight excluding hydrogens is 354 g/mol. The van der Waals surface area contributed by atoms with Gasteiger partial charge in [-0.25, -0.2) is 0 Å². The highest BCUT2D eigenvalue weighted by molar-refractivity contribution is 5.99. The van der Waals surface area contributed by atoms with Gasteiger partial charge in [0.15, 0.2) is 12.4 Å². The van der Waals surface area contributed by atoms with E-state index in [2.05, 4.69) is 5.32 Å². The van der Waals surface area contributed by atoms with Crippen molar-refractivity contribution in [3.8, 4) is 0 Å². The van der Waals surface area contributed by atoms with E-state index in [9.17, 15) is 14.4 Å². The summed E-state index contributed by atoms with van der Waals surface area (Å²) in [5.41, 5.74) is 3.67. The molecule has 2 aromatic rings. The number of nitrogens with one attached hydrogen (secondary N) is 1. The Balaban J connectivity index is 1.87. The van der Waals surface area contributed by atoms with Crippen LogP contribution in [0.1, 0.15) is 47.8 Å². The molecule has 0 aliphatic heterocycles. The summed E-state index contributed by atoms with van der Waals surface area (Å²) in [4.78, 5) is 36.2. The Labute approximate surface area is 166 Å². The van der Waals surface area contributed by atoms with Crippen molar-refractivity contribution < 1.29 is 19.1 Å². The minimum absolute atomic E-state index is 0.105. The van der Waals surface area contributed by atoms with Crippen LogP contribution in [-0.2, 0) is 20.7 Å². The van der Waals surface area contributed by atoms with Gasteiger partial charge in [-0.2, -0.15) is 0 Å². The average molecular weight is 381 g/mol. The number of esters is 1. The van der Waals surface area contributed by atoms with Crippen LogP contribution in [0.25, 0.3) is 0 Å². The number of benzene rings is 2. The second-order valence-corrected chi connectivity index (χ2v) is 7.96. The molecule has 0 spiro atoms. The predicted molar refractivity (Wildman–Crippen MR) is 109 cm³/mol. The van der Waals surface area contributed by atoms with Gasteiger partial charge in [0.25, 0.3) is 0 Å². The zero-order valence-corrected chi connectivity index (χ0v) is 17.1. The summed E-state index contributed by atoms with van der Waals surface area (Å²) in [6, 6.07) is 12.3. The maximum atomic E-state index is 12.2. The van der Waals surface area contributed by atoms with E-state index >= 15 is 0 Å². The van der Waals surface area contributed by atoms with Gasteiger partial charge in [-0.15, -0.1) is 0 Å². The maximum absolute atomic E-state index is 12.2. The molecule has 0 heterocycles. The first-order valence-electron chi connectivity index (χ1n) is 9.23. The normalized spacial score (nSPS) is 11.0. The standard InChI is InChI=1S/C23H27NO4/c1-15-6-7-17(12-16(15)2)13-21(26)28-14-20(25)18-8-10-19(11-9-18)24-22(27)23(3,4)5/h6-12H,13-14H2,1-5H3,(H,24,27). The second-order valence-electron chi connectivity index (χ2n) is 7.96. The third kappa shape index (κ3) is 6.05. The molecule has 0 saturated heterocycles. The fourth-order valence-electron chi connectivity index (χ4n) is 2.42. The highest BCUT2D eigenvalue weighted by Gasteiger charge is 2.21. The molecule has 0 aliphatic rings. The van der Waals surface area contributed by atoms with Crippen molar-refractivity contribution in [2.75, 3.05) is 11.9 Å². The van der Waals surface area contributed by atoms with Crippen LogP contribution in [0, 0.1) is 19.3 Å². The van der Waals surface area contributed by atoms with Gasteiger partial charge in [0.05, 0.1) is 6.42 Å². The third-order valence-electron chi connectivity index (χ3n) is 4.43. The molecule has 2 aromatic carbocycles. The van der Waals surface area contributed by atoms with Crippen LogP contribution in [0.5, 0.6) is 0 Å². The minimum atomic E-state index is -0.501. The second kappa shape index (κ2) is 8.83. The van der Waals surface area contributed by atoms with E-state index in [1.165, 1.54) is 0 Å². The summed E-state index contributed by atoms with van der Waals surface area (Å²) >= 11 is 0. The molecule has 0 saturated carbocycles. The quantitative estimate of drug-likeness (QED) is 0.599. The Kier molecular flexibility index (Phi) is 6.73. The number of rotatable bonds is 6. The van der Waals surface area contributed by atoms with Gasteiger partial charge in [-0.1, -0.05) is 39.0 Å². The van der Waals surface area contributed by atoms with Crippen molar-refractivity contribution in [2.45, 2.75) is 41.0 Å². The summed E-state index contributed by atoms with van der Waals surface area (Å²) in [5, 5.41) is 2.80. The zero-order chi connectivity index (χ0) is 20.9. The van der Waals surface area contributed by atoms with E-state index in [4.69, 9.17) is 4.74 Å². The molecule has 148 valence electrons. The molecular formula is C23H27NO4. The lowest BCUT2D eigenvalue weighted by Gasteiger charge is -2.17. The molecule has 28 heavy (non-hydrogen) atoms. The number of ether oxygens (including phenoxy) is 1. The Hall–Kier alpha value is -2.95. The first kappa shape index (κ1) is 21.4. The van der Waals surface area contributed by atoms with Gasteiger partial charge < -0.3 is 10.1 Å². The average Bonchev–Trinajstić information content (AvgIpc) is 2.62. The lowest BCUT2D eigenvalue weighted by atomic mass is 9.95. The van der Waals surface area contributed by atoms with E-state index in [1.54, 1.807) is 24.3 Å². The smallest absolute Gasteiger partial charge is 0.310 e. The van der Waals surface area contributed by atoms with Gasteiger partial charge >= 0.3 is 5.97 Å². The number of ketones is 1. The number of carbonyl (C=O) groups is 3. The molecule has 1 N–H and O–H groups in total. The molecule has 0 radical (unpaired) electrons. The number of amides is 1. The first-order valence-corrected chi connectivity index (χ1v) is 9.23. The number of aryl methyl sites for hydroxylation is 2. The van der Waals surface area contributed by atoms with Crippen molar-refractivity contribution in [3.05, 3.63) is 64.7 Å². The van der Waals surface area contributed by atoms with E-state index in [0.29, 0.717) is 11.3 Å². The van der Waals surface area contributed by atoms with Crippen molar-refractivity contribution >= 4 is 23.3 Å². The fourth-order valence-corrected chi connectivity index (χ4v) is 2.42. The largest absolute Gasteiger partial charge is 0.457 e. The lowest BCUT2D eigenvalue weighted by Crippen LogP contribution is -2.27. The van der Waals surface area contributed by atoms with E-state index < -0.39 is 11.4 Å². The van der Waals surface area contributed by atoms with Crippen LogP contribution in [0.3, 0.4) is 0 Å². The van der Waals surface area contributed by atoms with Crippen LogP contribution in [-0.4, -0.2) is 24.3 Å². The van der Waals surface area contributed by atoms with Crippen LogP contribution in [0.2, 0.25) is 0 Å². The molecule has 5 nitrogen and oxygen atoms in total. The molecule has 2 rings (SSSR count). The Morgan fingerprint density at radius 3 is 2.14 bits per heavy atom. The molecule has 0 aromatic heterocycles. The van der Waals surface area contributed by atoms with Gasteiger partial charge in [-0.3, -0.25) is 14.4 Å². The van der Waals surface area contributed by atoms with Gasteiger partial charge in [-0.05, 0) is 54.8 Å². The highest BCUT2D eigenvalue weighted by atomic mass is 16.5. The fraction of sp³-hybridized carbons (Fsp3) is 0.348. The van der Waals surface area contributed by atoms with Gasteiger partial charge in [0.1, 0.15) is 0 Å². The Morgan fingerprint density at radius 1 is 0.929 bits per heavy atom. The van der Waals surface area contributed by atoms with Crippen molar-refractivity contribution in [3.63, 3.8) is 0 Å². The van der Waals surface area contributed by atoms with Crippen LogP contribution < -0.4 is 5.32 Å². The summed E-state index contributed by atoms with van der Waals surface area (Å²) in [6.07, 6.45) is 0.131. The summed E-state index contributed by atoms with van der Waals surface area (Å²) < 4.78 is 5.11. The van der Waals surface area contributed by atoms with Crippen LogP contribution in [0.4, 0.5) is 5.69 Å². The molecule has 5 heteroatoms. The molecule has 0 unspecified atom stereocenters. The molecule has 0 atom stereocenters. The number of carbonyl (C=O) groups excluding carboxylic acids is 3. The zero-order valence-electron chi connectivity index (χ0n) is 17.1. The predicted octanol–water partition coefficient (Wildman–Crippen LogP) is 4.26. The minimum Gasteiger partial charge on any atom is -0.457 e. The number of Topliss-reactive ketones (excluding diaryl/α,β-unsaturated/α-hetero) is 1. The number of anilines is 1. The van der Waals surface area contributed by atoms with Crippen LogP contribution >= 0.6 is 0 Å². The molecule has 0 fully saturated rings. The SMILES string of the molecule is Cc1ccc(CC(=O)OCC(=O)c2ccc(NC(=O)C(C)(C)C)cc2)cc1C. The highest BCUT2D eigenvalue weighted by Crippen LogP contribution is 2.18. The molecule has 0 bridgehead atoms. The Morgan fingerprint density at radius 2 is 1.57 bits per heavy atom. The molecule has 1 amide bonds. The number of hydrogen-bond donors (Lipinski definition) is 1. The maximum Gasteiger partial charge on any atom is 0.310 e.